The molecule has 1 fully saturated rings. The molecule has 0 unspecified atom stereocenters. The zero-order chi connectivity index (χ0) is 19.4. The number of likely N-dealkylation sites (tertiary alicyclic amines) is 1. The first-order valence-corrected chi connectivity index (χ1v) is 9.53. The third-order valence-corrected chi connectivity index (χ3v) is 5.41. The van der Waals surface area contributed by atoms with Crippen molar-refractivity contribution in [1.82, 2.24) is 25.1 Å². The molecule has 0 bridgehead atoms. The molecule has 0 N–H and O–H groups in total. The van der Waals surface area contributed by atoms with E-state index in [-0.39, 0.29) is 11.7 Å². The third-order valence-electron chi connectivity index (χ3n) is 4.51. The lowest BCUT2D eigenvalue weighted by Crippen LogP contribution is -2.44. The molecule has 144 valence electrons. The molecule has 1 aromatic heterocycles. The smallest absolute Gasteiger partial charge is 0.233 e. The molecule has 1 aliphatic heterocycles. The largest absolute Gasteiger partial charge is 0.550 e. The molecule has 0 radical (unpaired) electrons. The maximum Gasteiger partial charge on any atom is 0.233 e. The second kappa shape index (κ2) is 8.38. The van der Waals surface area contributed by atoms with E-state index in [4.69, 9.17) is 4.74 Å². The van der Waals surface area contributed by atoms with Crippen LogP contribution in [-0.2, 0) is 9.59 Å². The Morgan fingerprint density at radius 3 is 2.74 bits per heavy atom. The second-order valence-electron chi connectivity index (χ2n) is 6.31. The number of hydrogen-bond acceptors (Lipinski definition) is 8. The molecule has 0 spiro atoms. The summed E-state index contributed by atoms with van der Waals surface area (Å²) in [6, 6.07) is 5.68. The third kappa shape index (κ3) is 4.38. The summed E-state index contributed by atoms with van der Waals surface area (Å²) in [5.41, 5.74) is 1.73. The Morgan fingerprint density at radius 2 is 2.07 bits per heavy atom. The molecule has 9 nitrogen and oxygen atoms in total. The van der Waals surface area contributed by atoms with Gasteiger partial charge in [0.15, 0.2) is 0 Å². The molecule has 1 saturated heterocycles. The number of carbonyl (C=O) groups excluding carboxylic acids is 2. The molecular formula is C17H20N5O4S-. The number of benzene rings is 1. The van der Waals surface area contributed by atoms with Crippen molar-refractivity contribution in [3.05, 3.63) is 23.8 Å². The Morgan fingerprint density at radius 1 is 1.33 bits per heavy atom. The van der Waals surface area contributed by atoms with Crippen LogP contribution in [0.3, 0.4) is 0 Å². The number of rotatable bonds is 6. The number of hydrogen-bond donors (Lipinski definition) is 0. The molecule has 0 atom stereocenters. The maximum absolute atomic E-state index is 12.4. The average Bonchev–Trinajstić information content (AvgIpc) is 3.14. The topological polar surface area (TPSA) is 113 Å². The molecule has 2 heterocycles. The van der Waals surface area contributed by atoms with Gasteiger partial charge in [-0.1, -0.05) is 17.8 Å². The standard InChI is InChI=1S/C17H21N5O4S/c1-11-3-4-14(26-2)13(9-11)22-17(18-19-20-22)27-10-15(23)21-7-5-12(6-8-21)16(24)25/h3-4,9,12H,5-8,10H2,1-2H3,(H,24,25)/p-1. The maximum atomic E-state index is 12.4. The van der Waals surface area contributed by atoms with E-state index in [1.807, 2.05) is 25.1 Å². The molecule has 27 heavy (non-hydrogen) atoms. The fourth-order valence-electron chi connectivity index (χ4n) is 2.97. The predicted octanol–water partition coefficient (Wildman–Crippen LogP) is 0.0599. The summed E-state index contributed by atoms with van der Waals surface area (Å²) in [5, 5.41) is 23.1. The van der Waals surface area contributed by atoms with Crippen molar-refractivity contribution < 1.29 is 19.4 Å². The number of carboxylic acids is 1. The molecule has 0 saturated carbocycles. The highest BCUT2D eigenvalue weighted by Crippen LogP contribution is 2.27. The van der Waals surface area contributed by atoms with Crippen LogP contribution in [0.15, 0.2) is 23.4 Å². The Bertz CT molecular complexity index is 832. The van der Waals surface area contributed by atoms with Crippen molar-refractivity contribution in [3.63, 3.8) is 0 Å². The van der Waals surface area contributed by atoms with Crippen molar-refractivity contribution in [2.45, 2.75) is 24.9 Å². The Hall–Kier alpha value is -2.62. The summed E-state index contributed by atoms with van der Waals surface area (Å²) in [4.78, 5) is 25.0. The first kappa shape index (κ1) is 19.2. The van der Waals surface area contributed by atoms with Crippen LogP contribution < -0.4 is 9.84 Å². The van der Waals surface area contributed by atoms with E-state index in [2.05, 4.69) is 15.5 Å². The second-order valence-corrected chi connectivity index (χ2v) is 7.25. The zero-order valence-corrected chi connectivity index (χ0v) is 15.9. The molecule has 10 heteroatoms. The number of amides is 1. The summed E-state index contributed by atoms with van der Waals surface area (Å²) >= 11 is 1.23. The summed E-state index contributed by atoms with van der Waals surface area (Å²) < 4.78 is 6.92. The van der Waals surface area contributed by atoms with E-state index in [1.54, 1.807) is 16.7 Å². The average molecular weight is 390 g/mol. The van der Waals surface area contributed by atoms with Crippen LogP contribution in [0.2, 0.25) is 0 Å². The van der Waals surface area contributed by atoms with Crippen LogP contribution >= 0.6 is 11.8 Å². The number of methoxy groups -OCH3 is 1. The SMILES string of the molecule is COc1ccc(C)cc1-n1nnnc1SCC(=O)N1CCC(C(=O)[O-])CC1. The van der Waals surface area contributed by atoms with Gasteiger partial charge < -0.3 is 19.5 Å². The number of piperidine rings is 1. The lowest BCUT2D eigenvalue weighted by molar-refractivity contribution is -0.312. The number of carbonyl (C=O) groups is 2. The lowest BCUT2D eigenvalue weighted by Gasteiger charge is -2.32. The van der Waals surface area contributed by atoms with Gasteiger partial charge in [0.25, 0.3) is 0 Å². The van der Waals surface area contributed by atoms with E-state index >= 15 is 0 Å². The molecule has 3 rings (SSSR count). The number of aliphatic carboxylic acids is 1. The summed E-state index contributed by atoms with van der Waals surface area (Å²) in [6.07, 6.45) is 0.855. The van der Waals surface area contributed by atoms with E-state index in [0.29, 0.717) is 42.5 Å². The van der Waals surface area contributed by atoms with Crippen LogP contribution in [0.4, 0.5) is 0 Å². The summed E-state index contributed by atoms with van der Waals surface area (Å²) in [7, 11) is 1.57. The summed E-state index contributed by atoms with van der Waals surface area (Å²) in [6.45, 7) is 2.81. The number of nitrogens with zero attached hydrogens (tertiary/aromatic N) is 5. The Kier molecular flexibility index (Phi) is 5.94. The molecule has 1 aromatic carbocycles. The highest BCUT2D eigenvalue weighted by molar-refractivity contribution is 7.99. The Labute approximate surface area is 160 Å². The van der Waals surface area contributed by atoms with Gasteiger partial charge in [-0.2, -0.15) is 4.68 Å². The van der Waals surface area contributed by atoms with Crippen LogP contribution in [0.25, 0.3) is 5.69 Å². The van der Waals surface area contributed by atoms with Gasteiger partial charge in [-0.05, 0) is 47.9 Å². The number of tetrazole rings is 1. The lowest BCUT2D eigenvalue weighted by atomic mass is 9.97. The van der Waals surface area contributed by atoms with Crippen LogP contribution in [0, 0.1) is 12.8 Å². The van der Waals surface area contributed by atoms with Gasteiger partial charge in [0, 0.05) is 25.0 Å². The van der Waals surface area contributed by atoms with Crippen molar-refractivity contribution in [1.29, 1.82) is 0 Å². The predicted molar refractivity (Wildman–Crippen MR) is 95.5 cm³/mol. The van der Waals surface area contributed by atoms with Crippen molar-refractivity contribution >= 4 is 23.6 Å². The minimum atomic E-state index is -1.04. The van der Waals surface area contributed by atoms with Crippen molar-refractivity contribution in [2.75, 3.05) is 26.0 Å². The van der Waals surface area contributed by atoms with Gasteiger partial charge in [0.2, 0.25) is 11.1 Å². The van der Waals surface area contributed by atoms with Gasteiger partial charge in [-0.15, -0.1) is 5.10 Å². The monoisotopic (exact) mass is 390 g/mol. The fourth-order valence-corrected chi connectivity index (χ4v) is 3.75. The van der Waals surface area contributed by atoms with E-state index in [1.165, 1.54) is 11.8 Å². The minimum absolute atomic E-state index is 0.0671. The number of ether oxygens (including phenoxy) is 1. The molecule has 1 aliphatic rings. The van der Waals surface area contributed by atoms with E-state index in [0.717, 1.165) is 5.56 Å². The van der Waals surface area contributed by atoms with Gasteiger partial charge >= 0.3 is 0 Å². The van der Waals surface area contributed by atoms with Gasteiger partial charge in [-0.3, -0.25) is 4.79 Å². The van der Waals surface area contributed by atoms with Crippen LogP contribution in [-0.4, -0.2) is 62.9 Å². The number of carboxylic acid groups (broad SMARTS) is 1. The van der Waals surface area contributed by atoms with Gasteiger partial charge in [0.1, 0.15) is 11.4 Å². The first-order chi connectivity index (χ1) is 13.0. The van der Waals surface area contributed by atoms with E-state index < -0.39 is 11.9 Å². The molecule has 0 aliphatic carbocycles. The Balaban J connectivity index is 1.65. The molecular weight excluding hydrogens is 370 g/mol. The first-order valence-electron chi connectivity index (χ1n) is 8.54. The summed E-state index contributed by atoms with van der Waals surface area (Å²) in [5.74, 6) is -0.775. The number of aromatic nitrogens is 4. The molecule has 2 aromatic rings. The van der Waals surface area contributed by atoms with Crippen molar-refractivity contribution in [3.8, 4) is 11.4 Å². The van der Waals surface area contributed by atoms with Crippen LogP contribution in [0.5, 0.6) is 5.75 Å². The molecule has 1 amide bonds. The number of thioether (sulfide) groups is 1. The zero-order valence-electron chi connectivity index (χ0n) is 15.1. The highest BCUT2D eigenvalue weighted by Gasteiger charge is 2.24. The normalized spacial score (nSPS) is 15.0. The minimum Gasteiger partial charge on any atom is -0.550 e. The quantitative estimate of drug-likeness (QED) is 0.636. The van der Waals surface area contributed by atoms with Gasteiger partial charge in [0.05, 0.1) is 12.9 Å². The van der Waals surface area contributed by atoms with E-state index in [9.17, 15) is 14.7 Å². The van der Waals surface area contributed by atoms with Crippen LogP contribution in [0.1, 0.15) is 18.4 Å². The van der Waals surface area contributed by atoms with Gasteiger partial charge in [-0.25, -0.2) is 0 Å². The van der Waals surface area contributed by atoms with Crippen molar-refractivity contribution in [2.24, 2.45) is 5.92 Å². The highest BCUT2D eigenvalue weighted by atomic mass is 32.2. The fraction of sp³-hybridized carbons (Fsp3) is 0.471. The number of aryl methyl sites for hydroxylation is 1.